The van der Waals surface area contributed by atoms with Gasteiger partial charge in [-0.3, -0.25) is 0 Å². The Morgan fingerprint density at radius 1 is 1.00 bits per heavy atom. The van der Waals surface area contributed by atoms with Crippen molar-refractivity contribution in [3.05, 3.63) is 30.5 Å². The minimum absolute atomic E-state index is 0.425. The minimum Gasteiger partial charge on any atom is -0.490 e. The van der Waals surface area contributed by atoms with E-state index in [4.69, 9.17) is 4.74 Å². The molecule has 0 saturated heterocycles. The third-order valence-electron chi connectivity index (χ3n) is 3.63. The minimum atomic E-state index is 0.425. The summed E-state index contributed by atoms with van der Waals surface area (Å²) >= 11 is 0. The van der Waals surface area contributed by atoms with E-state index in [1.54, 1.807) is 0 Å². The molecule has 2 heteroatoms. The van der Waals surface area contributed by atoms with Crippen LogP contribution in [-0.4, -0.2) is 11.1 Å². The fourth-order valence-electron chi connectivity index (χ4n) is 2.66. The number of nitrogens with one attached hydrogen (secondary N) is 1. The monoisotopic (exact) mass is 229 g/mol. The largest absolute Gasteiger partial charge is 0.490 e. The van der Waals surface area contributed by atoms with Gasteiger partial charge in [-0.15, -0.1) is 0 Å². The van der Waals surface area contributed by atoms with Gasteiger partial charge in [0.15, 0.2) is 0 Å². The van der Waals surface area contributed by atoms with Gasteiger partial charge < -0.3 is 9.72 Å². The maximum atomic E-state index is 6.10. The van der Waals surface area contributed by atoms with Crippen LogP contribution in [0.1, 0.15) is 38.5 Å². The molecule has 1 aromatic carbocycles. The first-order valence-corrected chi connectivity index (χ1v) is 6.66. The zero-order chi connectivity index (χ0) is 11.5. The average Bonchev–Trinajstić information content (AvgIpc) is 2.65. The van der Waals surface area contributed by atoms with Crippen molar-refractivity contribution >= 4 is 10.9 Å². The van der Waals surface area contributed by atoms with Crippen molar-refractivity contribution in [1.29, 1.82) is 0 Å². The first-order valence-electron chi connectivity index (χ1n) is 6.66. The lowest BCUT2D eigenvalue weighted by Gasteiger charge is -2.16. The van der Waals surface area contributed by atoms with Gasteiger partial charge in [-0.1, -0.05) is 12.8 Å². The van der Waals surface area contributed by atoms with Gasteiger partial charge in [0.05, 0.1) is 6.10 Å². The topological polar surface area (TPSA) is 25.0 Å². The SMILES string of the molecule is c1cc2cc(OC3CCCCCC3)ccc2[nH]1. The quantitative estimate of drug-likeness (QED) is 0.764. The summed E-state index contributed by atoms with van der Waals surface area (Å²) in [6.45, 7) is 0. The van der Waals surface area contributed by atoms with E-state index in [2.05, 4.69) is 29.2 Å². The molecule has 0 amide bonds. The van der Waals surface area contributed by atoms with Crippen LogP contribution in [0.25, 0.3) is 10.9 Å². The number of benzene rings is 1. The molecule has 0 unspecified atom stereocenters. The fourth-order valence-corrected chi connectivity index (χ4v) is 2.66. The molecule has 1 aliphatic rings. The molecule has 1 heterocycles. The van der Waals surface area contributed by atoms with Crippen LogP contribution in [0.5, 0.6) is 5.75 Å². The van der Waals surface area contributed by atoms with Crippen molar-refractivity contribution in [2.45, 2.75) is 44.6 Å². The van der Waals surface area contributed by atoms with E-state index in [0.29, 0.717) is 6.10 Å². The molecule has 2 nitrogen and oxygen atoms in total. The number of ether oxygens (including phenoxy) is 1. The number of aromatic amines is 1. The molecule has 1 fully saturated rings. The molecule has 1 N–H and O–H groups in total. The average molecular weight is 229 g/mol. The molecule has 2 aromatic rings. The molecule has 3 rings (SSSR count). The van der Waals surface area contributed by atoms with E-state index < -0.39 is 0 Å². The summed E-state index contributed by atoms with van der Waals surface area (Å²) in [6, 6.07) is 8.40. The summed E-state index contributed by atoms with van der Waals surface area (Å²) in [5, 5.41) is 1.23. The third kappa shape index (κ3) is 2.46. The zero-order valence-corrected chi connectivity index (χ0v) is 10.1. The molecule has 0 aliphatic heterocycles. The van der Waals surface area contributed by atoms with Crippen LogP contribution in [0.3, 0.4) is 0 Å². The molecule has 90 valence electrons. The van der Waals surface area contributed by atoms with Crippen molar-refractivity contribution in [3.63, 3.8) is 0 Å². The van der Waals surface area contributed by atoms with E-state index in [9.17, 15) is 0 Å². The molecular weight excluding hydrogens is 210 g/mol. The summed E-state index contributed by atoms with van der Waals surface area (Å²) in [7, 11) is 0. The van der Waals surface area contributed by atoms with E-state index in [1.807, 2.05) is 6.20 Å². The molecule has 0 bridgehead atoms. The second-order valence-electron chi connectivity index (χ2n) is 4.96. The Labute approximate surface area is 102 Å². The highest BCUT2D eigenvalue weighted by Gasteiger charge is 2.13. The molecule has 1 saturated carbocycles. The van der Waals surface area contributed by atoms with Gasteiger partial charge in [0.25, 0.3) is 0 Å². The van der Waals surface area contributed by atoms with Crippen molar-refractivity contribution in [2.24, 2.45) is 0 Å². The summed E-state index contributed by atoms with van der Waals surface area (Å²) in [5.41, 5.74) is 1.18. The van der Waals surface area contributed by atoms with Crippen LogP contribution in [-0.2, 0) is 0 Å². The highest BCUT2D eigenvalue weighted by molar-refractivity contribution is 5.80. The van der Waals surface area contributed by atoms with Gasteiger partial charge in [0.2, 0.25) is 0 Å². The van der Waals surface area contributed by atoms with E-state index in [1.165, 1.54) is 49.4 Å². The number of hydrogen-bond donors (Lipinski definition) is 1. The number of aromatic nitrogens is 1. The summed E-state index contributed by atoms with van der Waals surface area (Å²) in [5.74, 6) is 1.02. The standard InChI is InChI=1S/C15H19NO/c1-2-4-6-13(5-3-1)17-14-7-8-15-12(11-14)9-10-16-15/h7-11,13,16H,1-6H2. The molecule has 0 radical (unpaired) electrons. The summed E-state index contributed by atoms with van der Waals surface area (Å²) in [6.07, 6.45) is 10.2. The van der Waals surface area contributed by atoms with Gasteiger partial charge in [-0.2, -0.15) is 0 Å². The van der Waals surface area contributed by atoms with E-state index >= 15 is 0 Å². The van der Waals surface area contributed by atoms with Gasteiger partial charge in [0.1, 0.15) is 5.75 Å². The predicted molar refractivity (Wildman–Crippen MR) is 70.4 cm³/mol. The molecule has 1 aromatic heterocycles. The lowest BCUT2D eigenvalue weighted by molar-refractivity contribution is 0.184. The van der Waals surface area contributed by atoms with Gasteiger partial charge in [-0.05, 0) is 49.9 Å². The van der Waals surface area contributed by atoms with Crippen molar-refractivity contribution < 1.29 is 4.74 Å². The van der Waals surface area contributed by atoms with Crippen LogP contribution < -0.4 is 4.74 Å². The maximum absolute atomic E-state index is 6.10. The molecule has 1 aliphatic carbocycles. The lowest BCUT2D eigenvalue weighted by Crippen LogP contribution is -2.14. The number of hydrogen-bond acceptors (Lipinski definition) is 1. The van der Waals surface area contributed by atoms with Gasteiger partial charge in [0, 0.05) is 17.1 Å². The van der Waals surface area contributed by atoms with Crippen LogP contribution in [0.2, 0.25) is 0 Å². The fraction of sp³-hybridized carbons (Fsp3) is 0.467. The summed E-state index contributed by atoms with van der Waals surface area (Å²) in [4.78, 5) is 3.20. The van der Waals surface area contributed by atoms with Crippen molar-refractivity contribution in [3.8, 4) is 5.75 Å². The highest BCUT2D eigenvalue weighted by Crippen LogP contribution is 2.25. The van der Waals surface area contributed by atoms with Crippen LogP contribution in [0.4, 0.5) is 0 Å². The highest BCUT2D eigenvalue weighted by atomic mass is 16.5. The normalized spacial score (nSPS) is 18.1. The molecular formula is C15H19NO. The van der Waals surface area contributed by atoms with E-state index in [0.717, 1.165) is 5.75 Å². The van der Waals surface area contributed by atoms with Crippen LogP contribution in [0.15, 0.2) is 30.5 Å². The molecule has 0 atom stereocenters. The van der Waals surface area contributed by atoms with Crippen molar-refractivity contribution in [1.82, 2.24) is 4.98 Å². The van der Waals surface area contributed by atoms with Crippen LogP contribution >= 0.6 is 0 Å². The second kappa shape index (κ2) is 4.82. The van der Waals surface area contributed by atoms with Crippen molar-refractivity contribution in [2.75, 3.05) is 0 Å². The Bertz CT molecular complexity index is 480. The summed E-state index contributed by atoms with van der Waals surface area (Å²) < 4.78 is 6.10. The Morgan fingerprint density at radius 3 is 2.65 bits per heavy atom. The first-order chi connectivity index (χ1) is 8.42. The molecule has 0 spiro atoms. The Balaban J connectivity index is 1.74. The number of H-pyrrole nitrogens is 1. The number of rotatable bonds is 2. The Morgan fingerprint density at radius 2 is 1.82 bits per heavy atom. The number of fused-ring (bicyclic) bond motifs is 1. The Hall–Kier alpha value is -1.44. The smallest absolute Gasteiger partial charge is 0.120 e. The maximum Gasteiger partial charge on any atom is 0.120 e. The Kier molecular flexibility index (Phi) is 3.04. The first kappa shape index (κ1) is 10.7. The third-order valence-corrected chi connectivity index (χ3v) is 3.63. The van der Waals surface area contributed by atoms with Gasteiger partial charge >= 0.3 is 0 Å². The lowest BCUT2D eigenvalue weighted by atomic mass is 10.1. The predicted octanol–water partition coefficient (Wildman–Crippen LogP) is 4.27. The van der Waals surface area contributed by atoms with Gasteiger partial charge in [-0.25, -0.2) is 0 Å². The van der Waals surface area contributed by atoms with E-state index in [-0.39, 0.29) is 0 Å². The van der Waals surface area contributed by atoms with Crippen LogP contribution in [0, 0.1) is 0 Å². The molecule has 17 heavy (non-hydrogen) atoms. The zero-order valence-electron chi connectivity index (χ0n) is 10.1. The second-order valence-corrected chi connectivity index (χ2v) is 4.96.